The number of phenols is 1. The van der Waals surface area contributed by atoms with Gasteiger partial charge in [-0.3, -0.25) is 0 Å². The van der Waals surface area contributed by atoms with Crippen LogP contribution in [0.25, 0.3) is 0 Å². The first-order valence-corrected chi connectivity index (χ1v) is 3.93. The zero-order valence-electron chi connectivity index (χ0n) is 6.10. The number of phenolic OH excluding ortho intramolecular Hbond substituents is 1. The van der Waals surface area contributed by atoms with Crippen LogP contribution < -0.4 is 4.74 Å². The maximum Gasteiger partial charge on any atom is 0.387 e. The standard InChI is InChI=1S/C7H4BrF3O2/c8-6-4(12)1-3(9)2-5(6)13-7(10)11/h1-2,7,12H. The van der Waals surface area contributed by atoms with Crippen molar-refractivity contribution in [2.45, 2.75) is 6.61 Å². The maximum atomic E-state index is 12.6. The fourth-order valence-electron chi connectivity index (χ4n) is 0.732. The molecule has 0 atom stereocenters. The highest BCUT2D eigenvalue weighted by molar-refractivity contribution is 9.10. The number of alkyl halides is 2. The van der Waals surface area contributed by atoms with Gasteiger partial charge >= 0.3 is 6.61 Å². The molecule has 0 saturated carbocycles. The molecule has 0 unspecified atom stereocenters. The van der Waals surface area contributed by atoms with Crippen LogP contribution in [-0.4, -0.2) is 11.7 Å². The van der Waals surface area contributed by atoms with E-state index in [1.807, 2.05) is 0 Å². The molecule has 0 fully saturated rings. The van der Waals surface area contributed by atoms with Gasteiger partial charge in [0, 0.05) is 12.1 Å². The van der Waals surface area contributed by atoms with E-state index in [1.165, 1.54) is 0 Å². The summed E-state index contributed by atoms with van der Waals surface area (Å²) in [5.74, 6) is -1.78. The second-order valence-corrected chi connectivity index (χ2v) is 2.91. The number of hydrogen-bond acceptors (Lipinski definition) is 2. The van der Waals surface area contributed by atoms with Crippen LogP contribution in [-0.2, 0) is 0 Å². The lowest BCUT2D eigenvalue weighted by Crippen LogP contribution is -2.02. The molecule has 0 radical (unpaired) electrons. The Kier molecular flexibility index (Phi) is 3.02. The first kappa shape index (κ1) is 10.2. The Morgan fingerprint density at radius 2 is 2.00 bits per heavy atom. The van der Waals surface area contributed by atoms with Crippen LogP contribution in [0.1, 0.15) is 0 Å². The van der Waals surface area contributed by atoms with E-state index in [9.17, 15) is 13.2 Å². The summed E-state index contributed by atoms with van der Waals surface area (Å²) in [6.07, 6.45) is 0. The van der Waals surface area contributed by atoms with Gasteiger partial charge in [0.15, 0.2) is 0 Å². The van der Waals surface area contributed by atoms with E-state index >= 15 is 0 Å². The lowest BCUT2D eigenvalue weighted by molar-refractivity contribution is -0.0506. The Morgan fingerprint density at radius 1 is 1.38 bits per heavy atom. The normalized spacial score (nSPS) is 10.5. The fourth-order valence-corrected chi connectivity index (χ4v) is 1.05. The van der Waals surface area contributed by atoms with E-state index in [4.69, 9.17) is 5.11 Å². The molecular weight excluding hydrogens is 253 g/mol. The highest BCUT2D eigenvalue weighted by atomic mass is 79.9. The Balaban J connectivity index is 3.05. The summed E-state index contributed by atoms with van der Waals surface area (Å²) in [5.41, 5.74) is 0. The monoisotopic (exact) mass is 256 g/mol. The van der Waals surface area contributed by atoms with Gasteiger partial charge in [0.05, 0.1) is 0 Å². The topological polar surface area (TPSA) is 29.5 Å². The molecular formula is C7H4BrF3O2. The molecule has 13 heavy (non-hydrogen) atoms. The minimum atomic E-state index is -3.06. The summed E-state index contributed by atoms with van der Waals surface area (Å²) in [6, 6.07) is 1.53. The highest BCUT2D eigenvalue weighted by Gasteiger charge is 2.13. The summed E-state index contributed by atoms with van der Waals surface area (Å²) in [7, 11) is 0. The Hall–Kier alpha value is -0.910. The van der Waals surface area contributed by atoms with Gasteiger partial charge < -0.3 is 9.84 Å². The van der Waals surface area contributed by atoms with Crippen molar-refractivity contribution in [2.75, 3.05) is 0 Å². The zero-order valence-corrected chi connectivity index (χ0v) is 7.69. The van der Waals surface area contributed by atoms with Gasteiger partial charge in [0.25, 0.3) is 0 Å². The molecule has 1 aromatic rings. The molecule has 0 amide bonds. The average molecular weight is 257 g/mol. The third-order valence-corrected chi connectivity index (χ3v) is 2.00. The first-order chi connectivity index (χ1) is 6.00. The second-order valence-electron chi connectivity index (χ2n) is 2.12. The summed E-state index contributed by atoms with van der Waals surface area (Å²) in [5, 5.41) is 8.98. The molecule has 0 aliphatic heterocycles. The smallest absolute Gasteiger partial charge is 0.387 e. The minimum absolute atomic E-state index is 0.103. The van der Waals surface area contributed by atoms with Gasteiger partial charge in [-0.05, 0) is 15.9 Å². The van der Waals surface area contributed by atoms with Crippen LogP contribution in [0.4, 0.5) is 13.2 Å². The summed E-state index contributed by atoms with van der Waals surface area (Å²) in [4.78, 5) is 0. The third kappa shape index (κ3) is 2.51. The number of rotatable bonds is 2. The highest BCUT2D eigenvalue weighted by Crippen LogP contribution is 2.35. The quantitative estimate of drug-likeness (QED) is 0.882. The lowest BCUT2D eigenvalue weighted by Gasteiger charge is -2.07. The number of benzene rings is 1. The Labute approximate surface area is 80.1 Å². The van der Waals surface area contributed by atoms with Gasteiger partial charge in [-0.2, -0.15) is 8.78 Å². The van der Waals surface area contributed by atoms with Crippen molar-refractivity contribution in [3.63, 3.8) is 0 Å². The van der Waals surface area contributed by atoms with E-state index < -0.39 is 23.9 Å². The van der Waals surface area contributed by atoms with Crippen LogP contribution in [0.2, 0.25) is 0 Å². The van der Waals surface area contributed by atoms with E-state index in [1.54, 1.807) is 0 Å². The van der Waals surface area contributed by atoms with Crippen molar-refractivity contribution in [3.05, 3.63) is 22.4 Å². The predicted octanol–water partition coefficient (Wildman–Crippen LogP) is 2.90. The summed E-state index contributed by atoms with van der Waals surface area (Å²) >= 11 is 2.77. The molecule has 1 N–H and O–H groups in total. The van der Waals surface area contributed by atoms with Crippen molar-refractivity contribution in [2.24, 2.45) is 0 Å². The van der Waals surface area contributed by atoms with E-state index in [2.05, 4.69) is 20.7 Å². The fraction of sp³-hybridized carbons (Fsp3) is 0.143. The van der Waals surface area contributed by atoms with E-state index in [0.29, 0.717) is 0 Å². The third-order valence-electron chi connectivity index (χ3n) is 1.20. The summed E-state index contributed by atoms with van der Waals surface area (Å²) in [6.45, 7) is -3.06. The van der Waals surface area contributed by atoms with Crippen molar-refractivity contribution < 1.29 is 23.0 Å². The number of aromatic hydroxyl groups is 1. The molecule has 0 heterocycles. The van der Waals surface area contributed by atoms with E-state index in [-0.39, 0.29) is 4.47 Å². The van der Waals surface area contributed by atoms with Crippen LogP contribution in [0.15, 0.2) is 16.6 Å². The number of hydrogen-bond donors (Lipinski definition) is 1. The molecule has 0 aliphatic rings. The van der Waals surface area contributed by atoms with Gasteiger partial charge in [0.2, 0.25) is 0 Å². The van der Waals surface area contributed by atoms with Crippen molar-refractivity contribution >= 4 is 15.9 Å². The van der Waals surface area contributed by atoms with Crippen LogP contribution >= 0.6 is 15.9 Å². The Bertz CT molecular complexity index is 317. The SMILES string of the molecule is Oc1cc(F)cc(OC(F)F)c1Br. The molecule has 0 spiro atoms. The molecule has 1 rings (SSSR count). The second kappa shape index (κ2) is 3.87. The number of ether oxygens (including phenoxy) is 1. The largest absolute Gasteiger partial charge is 0.507 e. The molecule has 0 bridgehead atoms. The minimum Gasteiger partial charge on any atom is -0.507 e. The average Bonchev–Trinajstić information content (AvgIpc) is 1.98. The summed E-state index contributed by atoms with van der Waals surface area (Å²) < 4.78 is 39.8. The maximum absolute atomic E-state index is 12.6. The van der Waals surface area contributed by atoms with Crippen LogP contribution in [0.3, 0.4) is 0 Å². The molecule has 1 aromatic carbocycles. The van der Waals surface area contributed by atoms with Gasteiger partial charge in [0.1, 0.15) is 21.8 Å². The van der Waals surface area contributed by atoms with Crippen LogP contribution in [0, 0.1) is 5.82 Å². The molecule has 6 heteroatoms. The van der Waals surface area contributed by atoms with Crippen molar-refractivity contribution in [1.82, 2.24) is 0 Å². The molecule has 72 valence electrons. The van der Waals surface area contributed by atoms with E-state index in [0.717, 1.165) is 12.1 Å². The predicted molar refractivity (Wildman–Crippen MR) is 42.4 cm³/mol. The van der Waals surface area contributed by atoms with Gasteiger partial charge in [-0.15, -0.1) is 0 Å². The molecule has 0 saturated heterocycles. The molecule has 0 aromatic heterocycles. The zero-order chi connectivity index (χ0) is 10.0. The molecule has 2 nitrogen and oxygen atoms in total. The lowest BCUT2D eigenvalue weighted by atomic mass is 10.3. The molecule has 0 aliphatic carbocycles. The van der Waals surface area contributed by atoms with Crippen LogP contribution in [0.5, 0.6) is 11.5 Å². The number of halogens is 4. The first-order valence-electron chi connectivity index (χ1n) is 3.13. The van der Waals surface area contributed by atoms with Crippen molar-refractivity contribution in [3.8, 4) is 11.5 Å². The van der Waals surface area contributed by atoms with Gasteiger partial charge in [-0.1, -0.05) is 0 Å². The van der Waals surface area contributed by atoms with Crippen molar-refractivity contribution in [1.29, 1.82) is 0 Å². The van der Waals surface area contributed by atoms with Gasteiger partial charge in [-0.25, -0.2) is 4.39 Å². The Morgan fingerprint density at radius 3 is 2.54 bits per heavy atom.